The lowest BCUT2D eigenvalue weighted by molar-refractivity contribution is -0.0606. The van der Waals surface area contributed by atoms with Gasteiger partial charge in [0.25, 0.3) is 0 Å². The molecule has 4 aliphatic carbocycles. The van der Waals surface area contributed by atoms with Crippen LogP contribution in [0.5, 0.6) is 0 Å². The van der Waals surface area contributed by atoms with Crippen molar-refractivity contribution in [2.45, 2.75) is 45.4 Å². The third-order valence-electron chi connectivity index (χ3n) is 6.41. The molecule has 4 bridgehead atoms. The van der Waals surface area contributed by atoms with E-state index in [9.17, 15) is 0 Å². The van der Waals surface area contributed by atoms with Crippen molar-refractivity contribution in [1.29, 1.82) is 0 Å². The van der Waals surface area contributed by atoms with E-state index >= 15 is 0 Å². The van der Waals surface area contributed by atoms with Crippen LogP contribution in [0.15, 0.2) is 16.5 Å². The maximum atomic E-state index is 6.17. The zero-order valence-corrected chi connectivity index (χ0v) is 12.6. The number of furan rings is 1. The highest BCUT2D eigenvalue weighted by Gasteiger charge is 2.50. The molecule has 0 saturated heterocycles. The van der Waals surface area contributed by atoms with Crippen molar-refractivity contribution < 1.29 is 4.42 Å². The summed E-state index contributed by atoms with van der Waals surface area (Å²) in [5, 5.41) is 0. The molecule has 0 spiro atoms. The second kappa shape index (κ2) is 4.91. The average Bonchev–Trinajstić information content (AvgIpc) is 2.81. The summed E-state index contributed by atoms with van der Waals surface area (Å²) in [7, 11) is 0. The smallest absolute Gasteiger partial charge is 0.104 e. The molecule has 0 radical (unpaired) electrons. The van der Waals surface area contributed by atoms with Crippen LogP contribution in [0.25, 0.3) is 0 Å². The molecule has 0 amide bonds. The van der Waals surface area contributed by atoms with Crippen LogP contribution in [0.1, 0.15) is 43.6 Å². The van der Waals surface area contributed by atoms with Gasteiger partial charge >= 0.3 is 0 Å². The van der Waals surface area contributed by atoms with Gasteiger partial charge in [0.15, 0.2) is 0 Å². The molecule has 1 heterocycles. The number of aryl methyl sites for hydroxylation is 1. The van der Waals surface area contributed by atoms with E-state index in [1.165, 1.54) is 32.1 Å². The monoisotopic (exact) mass is 273 g/mol. The van der Waals surface area contributed by atoms with Gasteiger partial charge in [-0.3, -0.25) is 0 Å². The third kappa shape index (κ3) is 2.13. The first-order chi connectivity index (χ1) is 9.72. The Balaban J connectivity index is 1.52. The molecule has 2 heteroatoms. The minimum atomic E-state index is 0.635. The largest absolute Gasteiger partial charge is 0.466 e. The lowest BCUT2D eigenvalue weighted by Gasteiger charge is -2.56. The summed E-state index contributed by atoms with van der Waals surface area (Å²) in [6.45, 7) is 2.86. The fourth-order valence-corrected chi connectivity index (χ4v) is 5.97. The molecule has 20 heavy (non-hydrogen) atoms. The second-order valence-electron chi connectivity index (χ2n) is 7.72. The van der Waals surface area contributed by atoms with Crippen molar-refractivity contribution in [3.05, 3.63) is 23.7 Å². The molecular formula is C18H27NO. The summed E-state index contributed by atoms with van der Waals surface area (Å²) >= 11 is 0. The quantitative estimate of drug-likeness (QED) is 0.906. The molecule has 1 unspecified atom stereocenters. The Kier molecular flexibility index (Phi) is 3.17. The van der Waals surface area contributed by atoms with Crippen molar-refractivity contribution in [1.82, 2.24) is 0 Å². The Morgan fingerprint density at radius 3 is 2.25 bits per heavy atom. The van der Waals surface area contributed by atoms with Crippen molar-refractivity contribution >= 4 is 0 Å². The zero-order chi connectivity index (χ0) is 13.7. The number of nitrogens with two attached hydrogens (primary N) is 1. The average molecular weight is 273 g/mol. The molecule has 1 aromatic heterocycles. The Morgan fingerprint density at radius 2 is 1.75 bits per heavy atom. The first-order valence-electron chi connectivity index (χ1n) is 8.48. The SMILES string of the molecule is Cc1ccc(CC(CN)C2C3CC4CC(C3)CC2C4)o1. The normalized spacial score (nSPS) is 40.2. The maximum absolute atomic E-state index is 6.17. The Morgan fingerprint density at radius 1 is 1.10 bits per heavy atom. The van der Waals surface area contributed by atoms with E-state index < -0.39 is 0 Å². The highest BCUT2D eigenvalue weighted by Crippen LogP contribution is 2.58. The van der Waals surface area contributed by atoms with Gasteiger partial charge in [-0.05, 0) is 93.2 Å². The topological polar surface area (TPSA) is 39.2 Å². The van der Waals surface area contributed by atoms with Gasteiger partial charge in [0, 0.05) is 6.42 Å². The Bertz CT molecular complexity index is 450. The van der Waals surface area contributed by atoms with Crippen LogP contribution in [0.2, 0.25) is 0 Å². The van der Waals surface area contributed by atoms with Crippen LogP contribution < -0.4 is 5.73 Å². The zero-order valence-electron chi connectivity index (χ0n) is 12.6. The highest BCUT2D eigenvalue weighted by molar-refractivity contribution is 5.08. The molecular weight excluding hydrogens is 246 g/mol. The van der Waals surface area contributed by atoms with Gasteiger partial charge in [-0.2, -0.15) is 0 Å². The number of hydrogen-bond acceptors (Lipinski definition) is 2. The lowest BCUT2D eigenvalue weighted by Crippen LogP contribution is -2.49. The number of hydrogen-bond donors (Lipinski definition) is 1. The standard InChI is InChI=1S/C18H27NO/c1-11-2-3-17(20-11)9-16(10-19)18-14-5-12-4-13(7-14)8-15(18)6-12/h2-3,12-16,18H,4-10,19H2,1H3. The van der Waals surface area contributed by atoms with Gasteiger partial charge in [-0.25, -0.2) is 0 Å². The first kappa shape index (κ1) is 12.9. The Labute approximate surface area is 122 Å². The van der Waals surface area contributed by atoms with Crippen LogP contribution >= 0.6 is 0 Å². The summed E-state index contributed by atoms with van der Waals surface area (Å²) < 4.78 is 5.80. The van der Waals surface area contributed by atoms with Crippen LogP contribution in [0, 0.1) is 42.4 Å². The van der Waals surface area contributed by atoms with Crippen LogP contribution in [-0.2, 0) is 6.42 Å². The van der Waals surface area contributed by atoms with Crippen molar-refractivity contribution in [3.63, 3.8) is 0 Å². The second-order valence-corrected chi connectivity index (χ2v) is 7.72. The minimum absolute atomic E-state index is 0.635. The molecule has 1 aromatic rings. The lowest BCUT2D eigenvalue weighted by atomic mass is 9.49. The number of rotatable bonds is 4. The molecule has 4 fully saturated rings. The van der Waals surface area contributed by atoms with Crippen LogP contribution in [0.3, 0.4) is 0 Å². The van der Waals surface area contributed by atoms with Gasteiger partial charge in [0.1, 0.15) is 11.5 Å². The maximum Gasteiger partial charge on any atom is 0.104 e. The van der Waals surface area contributed by atoms with Crippen molar-refractivity contribution in [3.8, 4) is 0 Å². The van der Waals surface area contributed by atoms with E-state index in [4.69, 9.17) is 10.2 Å². The summed E-state index contributed by atoms with van der Waals surface area (Å²) in [5.74, 6) is 7.73. The summed E-state index contributed by atoms with van der Waals surface area (Å²) in [6.07, 6.45) is 8.55. The van der Waals surface area contributed by atoms with Gasteiger partial charge in [0.05, 0.1) is 0 Å². The molecule has 5 rings (SSSR count). The fourth-order valence-electron chi connectivity index (χ4n) is 5.97. The molecule has 4 saturated carbocycles. The van der Waals surface area contributed by atoms with E-state index in [1.807, 2.05) is 6.92 Å². The van der Waals surface area contributed by atoms with E-state index in [2.05, 4.69) is 12.1 Å². The van der Waals surface area contributed by atoms with Crippen molar-refractivity contribution in [2.75, 3.05) is 6.54 Å². The van der Waals surface area contributed by atoms with E-state index in [1.54, 1.807) is 0 Å². The van der Waals surface area contributed by atoms with Gasteiger partial charge in [0.2, 0.25) is 0 Å². The van der Waals surface area contributed by atoms with Crippen LogP contribution in [0.4, 0.5) is 0 Å². The van der Waals surface area contributed by atoms with E-state index in [0.29, 0.717) is 5.92 Å². The molecule has 0 aliphatic heterocycles. The Hall–Kier alpha value is -0.760. The van der Waals surface area contributed by atoms with Gasteiger partial charge in [-0.15, -0.1) is 0 Å². The molecule has 2 N–H and O–H groups in total. The highest BCUT2D eigenvalue weighted by atomic mass is 16.3. The van der Waals surface area contributed by atoms with E-state index in [0.717, 1.165) is 54.1 Å². The first-order valence-corrected chi connectivity index (χ1v) is 8.48. The predicted octanol–water partition coefficient (Wildman–Crippen LogP) is 3.78. The fraction of sp³-hybridized carbons (Fsp3) is 0.778. The molecule has 2 nitrogen and oxygen atoms in total. The molecule has 110 valence electrons. The van der Waals surface area contributed by atoms with Crippen molar-refractivity contribution in [2.24, 2.45) is 41.2 Å². The minimum Gasteiger partial charge on any atom is -0.466 e. The predicted molar refractivity (Wildman–Crippen MR) is 80.2 cm³/mol. The summed E-state index contributed by atoms with van der Waals surface area (Å²) in [4.78, 5) is 0. The van der Waals surface area contributed by atoms with E-state index in [-0.39, 0.29) is 0 Å². The molecule has 0 aromatic carbocycles. The van der Waals surface area contributed by atoms with Gasteiger partial charge < -0.3 is 10.2 Å². The molecule has 1 atom stereocenters. The van der Waals surface area contributed by atoms with Crippen LogP contribution in [-0.4, -0.2) is 6.54 Å². The molecule has 4 aliphatic rings. The summed E-state index contributed by atoms with van der Waals surface area (Å²) in [5.41, 5.74) is 6.17. The van der Waals surface area contributed by atoms with Gasteiger partial charge in [-0.1, -0.05) is 0 Å². The third-order valence-corrected chi connectivity index (χ3v) is 6.41. The summed E-state index contributed by atoms with van der Waals surface area (Å²) in [6, 6.07) is 4.23.